The minimum Gasteiger partial charge on any atom is -0.550 e. The van der Waals surface area contributed by atoms with Crippen molar-refractivity contribution in [2.24, 2.45) is 0 Å². The van der Waals surface area contributed by atoms with Crippen LogP contribution in [0.3, 0.4) is 0 Å². The van der Waals surface area contributed by atoms with Crippen molar-refractivity contribution >= 4 is 5.97 Å². The lowest BCUT2D eigenvalue weighted by molar-refractivity contribution is -0.307. The number of aliphatic carboxylic acids is 1. The van der Waals surface area contributed by atoms with Gasteiger partial charge in [-0.1, -0.05) is 0 Å². The van der Waals surface area contributed by atoms with E-state index in [9.17, 15) is 9.90 Å². The summed E-state index contributed by atoms with van der Waals surface area (Å²) in [7, 11) is 0. The van der Waals surface area contributed by atoms with Crippen molar-refractivity contribution in [1.29, 1.82) is 0 Å². The second kappa shape index (κ2) is 5.49. The summed E-state index contributed by atoms with van der Waals surface area (Å²) in [4.78, 5) is 9.59. The zero-order valence-corrected chi connectivity index (χ0v) is 5.20. The van der Waals surface area contributed by atoms with Crippen LogP contribution in [0.1, 0.15) is 6.42 Å². The largest absolute Gasteiger partial charge is 0.550 e. The van der Waals surface area contributed by atoms with E-state index in [-0.39, 0.29) is 6.15 Å². The summed E-state index contributed by atoms with van der Waals surface area (Å²) in [6.07, 6.45) is -1.68. The summed E-state index contributed by atoms with van der Waals surface area (Å²) in [5.74, 6) is -1.36. The summed E-state index contributed by atoms with van der Waals surface area (Å²) in [6, 6.07) is 0. The molecule has 6 N–H and O–H groups in total. The number of hydrogen-bond donors (Lipinski definition) is 3. The molecule has 0 rings (SSSR count). The average Bonchev–Trinajstić information content (AvgIpc) is 1.65. The van der Waals surface area contributed by atoms with Crippen LogP contribution in [-0.4, -0.2) is 28.9 Å². The van der Waals surface area contributed by atoms with Gasteiger partial charge in [0.05, 0.1) is 12.7 Å². The second-order valence-electron chi connectivity index (χ2n) is 1.41. The molecule has 0 bridgehead atoms. The molecule has 9 heavy (non-hydrogen) atoms. The number of aliphatic hydroxyl groups is 2. The highest BCUT2D eigenvalue weighted by Gasteiger charge is 1.99. The fourth-order valence-corrected chi connectivity index (χ4v) is 0.257. The Kier molecular flexibility index (Phi) is 6.82. The Labute approximate surface area is 52.5 Å². The van der Waals surface area contributed by atoms with E-state index in [1.165, 1.54) is 0 Å². The first kappa shape index (κ1) is 11.2. The standard InChI is InChI=1S/C4H8O4.H3N/c5-2-3(6)1-4(7)8;/h3,5-6H,1-2H2,(H,7,8);1H3/t3-;/m0./s1. The van der Waals surface area contributed by atoms with Crippen molar-refractivity contribution in [1.82, 2.24) is 6.15 Å². The Morgan fingerprint density at radius 1 is 1.67 bits per heavy atom. The van der Waals surface area contributed by atoms with Crippen LogP contribution in [0.15, 0.2) is 0 Å². The van der Waals surface area contributed by atoms with Crippen molar-refractivity contribution in [3.63, 3.8) is 0 Å². The van der Waals surface area contributed by atoms with E-state index in [1.54, 1.807) is 0 Å². The summed E-state index contributed by atoms with van der Waals surface area (Å²) in [6.45, 7) is -0.534. The van der Waals surface area contributed by atoms with Gasteiger partial charge < -0.3 is 26.3 Å². The number of carbonyl (C=O) groups is 1. The Balaban J connectivity index is 0. The monoisotopic (exact) mass is 137 g/mol. The van der Waals surface area contributed by atoms with Gasteiger partial charge in [-0.2, -0.15) is 0 Å². The Bertz CT molecular complexity index is 84.6. The normalized spacial score (nSPS) is 11.8. The summed E-state index contributed by atoms with van der Waals surface area (Å²) in [5, 5.41) is 26.0. The Morgan fingerprint density at radius 3 is 2.22 bits per heavy atom. The number of carboxylic acids is 1. The highest BCUT2D eigenvalue weighted by atomic mass is 16.4. The maximum Gasteiger partial charge on any atom is 0.0822 e. The lowest BCUT2D eigenvalue weighted by Crippen LogP contribution is -2.28. The molecule has 0 aliphatic heterocycles. The van der Waals surface area contributed by atoms with Gasteiger partial charge >= 0.3 is 0 Å². The predicted molar refractivity (Wildman–Crippen MR) is 28.7 cm³/mol. The van der Waals surface area contributed by atoms with Crippen LogP contribution in [0, 0.1) is 0 Å². The number of carboxylic acid groups (broad SMARTS) is 1. The van der Waals surface area contributed by atoms with E-state index in [2.05, 4.69) is 0 Å². The summed E-state index contributed by atoms with van der Waals surface area (Å²) >= 11 is 0. The zero-order valence-electron chi connectivity index (χ0n) is 5.20. The van der Waals surface area contributed by atoms with Gasteiger partial charge in [-0.05, 0) is 0 Å². The fourth-order valence-electron chi connectivity index (χ4n) is 0.257. The minimum absolute atomic E-state index is 0. The third-order valence-corrected chi connectivity index (χ3v) is 0.613. The molecule has 0 saturated heterocycles. The van der Waals surface area contributed by atoms with Crippen molar-refractivity contribution in [2.75, 3.05) is 6.61 Å². The second-order valence-corrected chi connectivity index (χ2v) is 1.41. The highest BCUT2D eigenvalue weighted by Crippen LogP contribution is 1.85. The van der Waals surface area contributed by atoms with Gasteiger partial charge in [-0.25, -0.2) is 0 Å². The van der Waals surface area contributed by atoms with Gasteiger partial charge in [0, 0.05) is 12.4 Å². The molecule has 56 valence electrons. The van der Waals surface area contributed by atoms with Gasteiger partial charge in [0.1, 0.15) is 0 Å². The molecule has 1 atom stereocenters. The van der Waals surface area contributed by atoms with Crippen LogP contribution in [0.2, 0.25) is 0 Å². The molecule has 0 spiro atoms. The van der Waals surface area contributed by atoms with E-state index in [0.29, 0.717) is 0 Å². The topological polar surface area (TPSA) is 117 Å². The molecule has 0 amide bonds. The molecule has 0 aliphatic carbocycles. The lowest BCUT2D eigenvalue weighted by Gasteiger charge is -2.05. The third-order valence-electron chi connectivity index (χ3n) is 0.613. The van der Waals surface area contributed by atoms with Gasteiger partial charge in [-0.15, -0.1) is 0 Å². The molecule has 0 aromatic heterocycles. The van der Waals surface area contributed by atoms with Crippen LogP contribution >= 0.6 is 0 Å². The first-order chi connectivity index (χ1) is 3.66. The zero-order chi connectivity index (χ0) is 6.57. The molecule has 0 fully saturated rings. The molecule has 0 saturated carbocycles. The molecule has 5 nitrogen and oxygen atoms in total. The number of aliphatic hydroxyl groups excluding tert-OH is 2. The Hall–Kier alpha value is -0.650. The number of hydrogen-bond acceptors (Lipinski definition) is 4. The van der Waals surface area contributed by atoms with Crippen LogP contribution in [-0.2, 0) is 4.79 Å². The van der Waals surface area contributed by atoms with Crippen LogP contribution in [0.25, 0.3) is 0 Å². The average molecular weight is 137 g/mol. The quantitative estimate of drug-likeness (QED) is 0.411. The van der Waals surface area contributed by atoms with Crippen molar-refractivity contribution in [2.45, 2.75) is 12.5 Å². The predicted octanol–water partition coefficient (Wildman–Crippen LogP) is -2.14. The van der Waals surface area contributed by atoms with Crippen molar-refractivity contribution in [3.8, 4) is 0 Å². The minimum atomic E-state index is -1.36. The van der Waals surface area contributed by atoms with E-state index in [4.69, 9.17) is 10.2 Å². The molecular weight excluding hydrogens is 126 g/mol. The van der Waals surface area contributed by atoms with E-state index in [0.717, 1.165) is 0 Å². The van der Waals surface area contributed by atoms with Gasteiger partial charge in [0.2, 0.25) is 0 Å². The van der Waals surface area contributed by atoms with E-state index >= 15 is 0 Å². The SMILES string of the molecule is O=C([O-])C[C@H](O)CO.[NH4+]. The van der Waals surface area contributed by atoms with Crippen LogP contribution < -0.4 is 11.3 Å². The maximum atomic E-state index is 9.59. The molecule has 0 aromatic carbocycles. The molecule has 0 heterocycles. The van der Waals surface area contributed by atoms with Gasteiger partial charge in [-0.3, -0.25) is 0 Å². The van der Waals surface area contributed by atoms with Crippen molar-refractivity contribution < 1.29 is 20.1 Å². The highest BCUT2D eigenvalue weighted by molar-refractivity contribution is 5.64. The van der Waals surface area contributed by atoms with Gasteiger partial charge in [0.15, 0.2) is 0 Å². The molecule has 0 aromatic rings. The van der Waals surface area contributed by atoms with E-state index in [1.807, 2.05) is 0 Å². The molecule has 5 heteroatoms. The van der Waals surface area contributed by atoms with Crippen molar-refractivity contribution in [3.05, 3.63) is 0 Å². The fraction of sp³-hybridized carbons (Fsp3) is 0.750. The Morgan fingerprint density at radius 2 is 2.11 bits per heavy atom. The first-order valence-electron chi connectivity index (χ1n) is 2.15. The lowest BCUT2D eigenvalue weighted by atomic mass is 10.3. The molecule has 0 aliphatic rings. The number of rotatable bonds is 3. The summed E-state index contributed by atoms with van der Waals surface area (Å²) < 4.78 is 0. The van der Waals surface area contributed by atoms with Gasteiger partial charge in [0.25, 0.3) is 0 Å². The number of quaternary nitrogens is 1. The summed E-state index contributed by atoms with van der Waals surface area (Å²) in [5.41, 5.74) is 0. The maximum absolute atomic E-state index is 9.59. The van der Waals surface area contributed by atoms with E-state index < -0.39 is 25.1 Å². The molecule has 0 radical (unpaired) electrons. The molecule has 0 unspecified atom stereocenters. The molecular formula is C4H11NO4. The van der Waals surface area contributed by atoms with Crippen LogP contribution in [0.4, 0.5) is 0 Å². The third kappa shape index (κ3) is 7.35. The number of carbonyl (C=O) groups excluding carboxylic acids is 1. The van der Waals surface area contributed by atoms with Crippen LogP contribution in [0.5, 0.6) is 0 Å². The smallest absolute Gasteiger partial charge is 0.0822 e. The first-order valence-corrected chi connectivity index (χ1v) is 2.15.